The molecule has 14 heavy (non-hydrogen) atoms. The van der Waals surface area contributed by atoms with Crippen LogP contribution in [0.5, 0.6) is 11.5 Å². The van der Waals surface area contributed by atoms with Gasteiger partial charge in [-0.3, -0.25) is 0 Å². The Hall–Kier alpha value is -0.900. The van der Waals surface area contributed by atoms with Gasteiger partial charge in [-0.1, -0.05) is 0 Å². The summed E-state index contributed by atoms with van der Waals surface area (Å²) in [5, 5.41) is 0. The molecule has 1 aromatic carbocycles. The Balaban J connectivity index is 3.20. The van der Waals surface area contributed by atoms with Crippen molar-refractivity contribution < 1.29 is 13.9 Å². The first kappa shape index (κ1) is 11.2. The number of methoxy groups -OCH3 is 1. The highest BCUT2D eigenvalue weighted by molar-refractivity contribution is 7.98. The Morgan fingerprint density at radius 2 is 2.14 bits per heavy atom. The van der Waals surface area contributed by atoms with Crippen LogP contribution in [0.25, 0.3) is 0 Å². The lowest BCUT2D eigenvalue weighted by atomic mass is 10.3. The maximum absolute atomic E-state index is 13.3. The van der Waals surface area contributed by atoms with Crippen molar-refractivity contribution in [2.24, 2.45) is 0 Å². The molecule has 0 aromatic heterocycles. The molecule has 0 spiro atoms. The van der Waals surface area contributed by atoms with E-state index in [1.54, 1.807) is 13.2 Å². The summed E-state index contributed by atoms with van der Waals surface area (Å²) in [5.74, 6) is 0.568. The fraction of sp³-hybridized carbons (Fsp3) is 0.400. The van der Waals surface area contributed by atoms with Crippen LogP contribution in [-0.4, -0.2) is 20.0 Å². The summed E-state index contributed by atoms with van der Waals surface area (Å²) >= 11 is 1.41. The van der Waals surface area contributed by atoms with Gasteiger partial charge < -0.3 is 9.47 Å². The number of hydrogen-bond acceptors (Lipinski definition) is 3. The van der Waals surface area contributed by atoms with Gasteiger partial charge in [-0.05, 0) is 25.3 Å². The summed E-state index contributed by atoms with van der Waals surface area (Å²) in [6.45, 7) is 2.26. The van der Waals surface area contributed by atoms with E-state index in [0.29, 0.717) is 17.3 Å². The molecule has 0 radical (unpaired) electrons. The quantitative estimate of drug-likeness (QED) is 0.721. The van der Waals surface area contributed by atoms with Crippen LogP contribution in [0.1, 0.15) is 6.92 Å². The van der Waals surface area contributed by atoms with Crippen LogP contribution in [0.4, 0.5) is 4.39 Å². The zero-order chi connectivity index (χ0) is 10.6. The topological polar surface area (TPSA) is 18.5 Å². The normalized spacial score (nSPS) is 10.0. The van der Waals surface area contributed by atoms with E-state index in [0.717, 1.165) is 0 Å². The van der Waals surface area contributed by atoms with E-state index in [9.17, 15) is 4.39 Å². The number of thioether (sulfide) groups is 1. The van der Waals surface area contributed by atoms with Crippen LogP contribution in [0, 0.1) is 5.82 Å². The van der Waals surface area contributed by atoms with E-state index in [1.165, 1.54) is 17.8 Å². The molecule has 0 fully saturated rings. The first-order valence-electron chi connectivity index (χ1n) is 4.27. The highest BCUT2D eigenvalue weighted by Gasteiger charge is 2.14. The van der Waals surface area contributed by atoms with Crippen LogP contribution in [0.2, 0.25) is 0 Å². The smallest absolute Gasteiger partial charge is 0.172 e. The number of ether oxygens (including phenoxy) is 2. The van der Waals surface area contributed by atoms with Crippen LogP contribution < -0.4 is 9.47 Å². The monoisotopic (exact) mass is 216 g/mol. The molecule has 4 heteroatoms. The lowest BCUT2D eigenvalue weighted by molar-refractivity contribution is 0.306. The van der Waals surface area contributed by atoms with Crippen molar-refractivity contribution in [3.63, 3.8) is 0 Å². The van der Waals surface area contributed by atoms with Crippen molar-refractivity contribution in [3.05, 3.63) is 17.9 Å². The van der Waals surface area contributed by atoms with Crippen molar-refractivity contribution in [1.29, 1.82) is 0 Å². The minimum atomic E-state index is -0.350. The number of halogens is 1. The van der Waals surface area contributed by atoms with Gasteiger partial charge in [0.25, 0.3) is 0 Å². The van der Waals surface area contributed by atoms with Crippen LogP contribution in [-0.2, 0) is 0 Å². The molecule has 1 aromatic rings. The molecule has 0 saturated carbocycles. The minimum Gasteiger partial charge on any atom is -0.495 e. The highest BCUT2D eigenvalue weighted by Crippen LogP contribution is 2.38. The molecule has 2 nitrogen and oxygen atoms in total. The van der Waals surface area contributed by atoms with E-state index in [-0.39, 0.29) is 11.6 Å². The zero-order valence-electron chi connectivity index (χ0n) is 8.46. The second kappa shape index (κ2) is 5.10. The Labute approximate surface area is 87.4 Å². The van der Waals surface area contributed by atoms with Gasteiger partial charge in [0.15, 0.2) is 11.6 Å². The number of hydrogen-bond donors (Lipinski definition) is 0. The fourth-order valence-corrected chi connectivity index (χ4v) is 1.85. The van der Waals surface area contributed by atoms with E-state index in [1.807, 2.05) is 13.2 Å². The second-order valence-corrected chi connectivity index (χ2v) is 3.36. The van der Waals surface area contributed by atoms with Gasteiger partial charge >= 0.3 is 0 Å². The van der Waals surface area contributed by atoms with Crippen molar-refractivity contribution in [1.82, 2.24) is 0 Å². The van der Waals surface area contributed by atoms with Crippen LogP contribution >= 0.6 is 11.8 Å². The van der Waals surface area contributed by atoms with E-state index in [2.05, 4.69) is 0 Å². The molecule has 1 rings (SSSR count). The molecule has 78 valence electrons. The predicted molar refractivity (Wildman–Crippen MR) is 55.9 cm³/mol. The van der Waals surface area contributed by atoms with Crippen LogP contribution in [0.15, 0.2) is 17.0 Å². The molecule has 0 aliphatic heterocycles. The molecule has 0 heterocycles. The summed E-state index contributed by atoms with van der Waals surface area (Å²) in [4.78, 5) is 0.703. The van der Waals surface area contributed by atoms with Gasteiger partial charge in [0.2, 0.25) is 0 Å². The van der Waals surface area contributed by atoms with Crippen molar-refractivity contribution >= 4 is 11.8 Å². The Bertz CT molecular complexity index is 315. The predicted octanol–water partition coefficient (Wildman–Crippen LogP) is 2.95. The second-order valence-electron chi connectivity index (χ2n) is 2.55. The minimum absolute atomic E-state index is 0.277. The molecule has 0 saturated heterocycles. The van der Waals surface area contributed by atoms with E-state index < -0.39 is 0 Å². The summed E-state index contributed by atoms with van der Waals surface area (Å²) in [7, 11) is 1.56. The van der Waals surface area contributed by atoms with Crippen molar-refractivity contribution in [3.8, 4) is 11.5 Å². The summed E-state index contributed by atoms with van der Waals surface area (Å²) < 4.78 is 23.7. The lowest BCUT2D eigenvalue weighted by Crippen LogP contribution is -1.98. The Morgan fingerprint density at radius 1 is 1.43 bits per heavy atom. The molecule has 0 aliphatic carbocycles. The van der Waals surface area contributed by atoms with E-state index >= 15 is 0 Å². The molecule has 0 atom stereocenters. The third kappa shape index (κ3) is 2.12. The van der Waals surface area contributed by atoms with Gasteiger partial charge in [0, 0.05) is 0 Å². The highest BCUT2D eigenvalue weighted by atomic mass is 32.2. The molecule has 0 amide bonds. The molecule has 0 N–H and O–H groups in total. The zero-order valence-corrected chi connectivity index (χ0v) is 9.28. The lowest BCUT2D eigenvalue weighted by Gasteiger charge is -2.12. The standard InChI is InChI=1S/C10H13FO2S/c1-4-13-9-7(11)5-6-8(12-2)10(9)14-3/h5-6H,4H2,1-3H3. The van der Waals surface area contributed by atoms with Gasteiger partial charge in [-0.25, -0.2) is 4.39 Å². The van der Waals surface area contributed by atoms with Crippen LogP contribution in [0.3, 0.4) is 0 Å². The molecule has 0 aliphatic rings. The van der Waals surface area contributed by atoms with Gasteiger partial charge in [0.05, 0.1) is 18.6 Å². The third-order valence-corrected chi connectivity index (χ3v) is 2.54. The van der Waals surface area contributed by atoms with Gasteiger partial charge in [-0.15, -0.1) is 11.8 Å². The number of benzene rings is 1. The van der Waals surface area contributed by atoms with Gasteiger partial charge in [0.1, 0.15) is 5.75 Å². The van der Waals surface area contributed by atoms with Crippen molar-refractivity contribution in [2.45, 2.75) is 11.8 Å². The SMILES string of the molecule is CCOc1c(F)ccc(OC)c1SC. The molecular formula is C10H13FO2S. The molecular weight excluding hydrogens is 203 g/mol. The fourth-order valence-electron chi connectivity index (χ4n) is 1.15. The maximum atomic E-state index is 13.3. The first-order valence-corrected chi connectivity index (χ1v) is 5.50. The molecule has 0 bridgehead atoms. The van der Waals surface area contributed by atoms with Gasteiger partial charge in [-0.2, -0.15) is 0 Å². The Kier molecular flexibility index (Phi) is 4.07. The largest absolute Gasteiger partial charge is 0.495 e. The average molecular weight is 216 g/mol. The van der Waals surface area contributed by atoms with E-state index in [4.69, 9.17) is 9.47 Å². The third-order valence-electron chi connectivity index (χ3n) is 1.74. The van der Waals surface area contributed by atoms with Crippen molar-refractivity contribution in [2.75, 3.05) is 20.0 Å². The summed E-state index contributed by atoms with van der Waals surface area (Å²) in [5.41, 5.74) is 0. The summed E-state index contributed by atoms with van der Waals surface area (Å²) in [6.07, 6.45) is 1.86. The first-order chi connectivity index (χ1) is 6.74. The maximum Gasteiger partial charge on any atom is 0.172 e. The molecule has 0 unspecified atom stereocenters. The summed E-state index contributed by atoms with van der Waals surface area (Å²) in [6, 6.07) is 2.95. The Morgan fingerprint density at radius 3 is 2.64 bits per heavy atom. The number of rotatable bonds is 4. The average Bonchev–Trinajstić information content (AvgIpc) is 2.21.